The first-order valence-corrected chi connectivity index (χ1v) is 13.4. The molecule has 5 rings (SSSR count). The zero-order valence-corrected chi connectivity index (χ0v) is 20.1. The number of ether oxygens (including phenoxy) is 1. The van der Waals surface area contributed by atoms with E-state index < -0.39 is 6.17 Å². The highest BCUT2D eigenvalue weighted by atomic mass is 19.1. The van der Waals surface area contributed by atoms with Crippen molar-refractivity contribution in [3.8, 4) is 5.75 Å². The Hall–Kier alpha value is -1.05. The molecule has 0 radical (unpaired) electrons. The summed E-state index contributed by atoms with van der Waals surface area (Å²) >= 11 is 0. The molecule has 0 aliphatic heterocycles. The van der Waals surface area contributed by atoms with Crippen molar-refractivity contribution < 1.29 is 9.13 Å². The van der Waals surface area contributed by atoms with Crippen LogP contribution < -0.4 is 4.74 Å². The molecule has 2 heteroatoms. The first-order chi connectivity index (χ1) is 15.1. The minimum atomic E-state index is -0.562. The van der Waals surface area contributed by atoms with Gasteiger partial charge in [-0.2, -0.15) is 0 Å². The van der Waals surface area contributed by atoms with E-state index in [-0.39, 0.29) is 5.41 Å². The fourth-order valence-corrected chi connectivity index (χ4v) is 7.11. The summed E-state index contributed by atoms with van der Waals surface area (Å²) in [5, 5.41) is 0. The summed E-state index contributed by atoms with van der Waals surface area (Å²) in [6.07, 6.45) is 17.5. The van der Waals surface area contributed by atoms with Crippen molar-refractivity contribution in [3.63, 3.8) is 0 Å². The molecule has 31 heavy (non-hydrogen) atoms. The third-order valence-electron chi connectivity index (χ3n) is 9.41. The SMILES string of the molecule is CCCCOc1ccc([C@H]2CC[C@H](CC(F)C34CCC(CCC)(CC3)CC4)CC2)cc1. The Balaban J connectivity index is 1.23. The van der Waals surface area contributed by atoms with Gasteiger partial charge >= 0.3 is 0 Å². The summed E-state index contributed by atoms with van der Waals surface area (Å²) in [5.74, 6) is 2.24. The Morgan fingerprint density at radius 1 is 0.903 bits per heavy atom. The van der Waals surface area contributed by atoms with Gasteiger partial charge < -0.3 is 4.74 Å². The highest BCUT2D eigenvalue weighted by Gasteiger charge is 2.52. The summed E-state index contributed by atoms with van der Waals surface area (Å²) in [4.78, 5) is 0. The van der Waals surface area contributed by atoms with Gasteiger partial charge in [-0.3, -0.25) is 0 Å². The summed E-state index contributed by atoms with van der Waals surface area (Å²) in [5.41, 5.74) is 2.08. The molecular weight excluding hydrogens is 383 g/mol. The van der Waals surface area contributed by atoms with E-state index in [0.29, 0.717) is 17.3 Å². The van der Waals surface area contributed by atoms with Gasteiger partial charge in [0.05, 0.1) is 6.61 Å². The molecular formula is C29H45FO. The van der Waals surface area contributed by atoms with E-state index in [1.54, 1.807) is 0 Å². The lowest BCUT2D eigenvalue weighted by Crippen LogP contribution is -2.47. The standard InChI is InChI=1S/C29H45FO/c1-3-5-21-31-26-12-10-25(11-13-26)24-8-6-23(7-9-24)22-27(30)29-18-15-28(14-4-2,16-19-29)17-20-29/h10-13,23-24,27H,3-9,14-22H2,1-2H3/t23-,24-,27?,28?,29?. The highest BCUT2D eigenvalue weighted by molar-refractivity contribution is 5.29. The van der Waals surface area contributed by atoms with Crippen LogP contribution in [0.25, 0.3) is 0 Å². The van der Waals surface area contributed by atoms with Crippen LogP contribution in [0.2, 0.25) is 0 Å². The van der Waals surface area contributed by atoms with Crippen LogP contribution in [0.5, 0.6) is 5.75 Å². The van der Waals surface area contributed by atoms with E-state index >= 15 is 4.39 Å². The van der Waals surface area contributed by atoms with E-state index in [1.807, 2.05) is 0 Å². The minimum absolute atomic E-state index is 0.0416. The van der Waals surface area contributed by atoms with Crippen molar-refractivity contribution in [1.29, 1.82) is 0 Å². The van der Waals surface area contributed by atoms with Crippen LogP contribution in [-0.4, -0.2) is 12.8 Å². The van der Waals surface area contributed by atoms with Gasteiger partial charge in [-0.25, -0.2) is 4.39 Å². The first-order valence-electron chi connectivity index (χ1n) is 13.4. The van der Waals surface area contributed by atoms with Gasteiger partial charge in [0.15, 0.2) is 0 Å². The van der Waals surface area contributed by atoms with Crippen LogP contribution in [0.1, 0.15) is 122 Å². The number of alkyl halides is 1. The van der Waals surface area contributed by atoms with Crippen LogP contribution in [0.15, 0.2) is 24.3 Å². The number of hydrogen-bond donors (Lipinski definition) is 0. The zero-order chi connectivity index (χ0) is 21.7. The molecule has 4 fully saturated rings. The van der Waals surface area contributed by atoms with E-state index in [9.17, 15) is 0 Å². The summed E-state index contributed by atoms with van der Waals surface area (Å²) in [7, 11) is 0. The lowest BCUT2D eigenvalue weighted by atomic mass is 9.51. The third kappa shape index (κ3) is 5.31. The van der Waals surface area contributed by atoms with Crippen LogP contribution in [0.3, 0.4) is 0 Å². The third-order valence-corrected chi connectivity index (χ3v) is 9.41. The molecule has 4 saturated carbocycles. The van der Waals surface area contributed by atoms with Crippen molar-refractivity contribution >= 4 is 0 Å². The molecule has 4 aliphatic rings. The number of unbranched alkanes of at least 4 members (excludes halogenated alkanes) is 1. The second kappa shape index (κ2) is 10.3. The molecule has 1 unspecified atom stereocenters. The predicted molar refractivity (Wildman–Crippen MR) is 129 cm³/mol. The van der Waals surface area contributed by atoms with Gasteiger partial charge in [-0.15, -0.1) is 0 Å². The molecule has 1 atom stereocenters. The monoisotopic (exact) mass is 428 g/mol. The molecule has 0 aromatic heterocycles. The van der Waals surface area contributed by atoms with E-state index in [0.717, 1.165) is 44.5 Å². The Labute approximate surface area is 190 Å². The maximum Gasteiger partial charge on any atom is 0.119 e. The molecule has 2 bridgehead atoms. The van der Waals surface area contributed by atoms with E-state index in [1.165, 1.54) is 69.8 Å². The van der Waals surface area contributed by atoms with Gasteiger partial charge in [-0.05, 0) is 118 Å². The summed E-state index contributed by atoms with van der Waals surface area (Å²) in [6, 6.07) is 8.79. The first kappa shape index (κ1) is 23.1. The largest absolute Gasteiger partial charge is 0.494 e. The Morgan fingerprint density at radius 3 is 2.13 bits per heavy atom. The van der Waals surface area contributed by atoms with Gasteiger partial charge in [0.2, 0.25) is 0 Å². The van der Waals surface area contributed by atoms with Crippen LogP contribution >= 0.6 is 0 Å². The number of benzene rings is 1. The molecule has 4 aliphatic carbocycles. The number of halogens is 1. The average molecular weight is 429 g/mol. The van der Waals surface area contributed by atoms with Crippen molar-refractivity contribution in [1.82, 2.24) is 0 Å². The Kier molecular flexibility index (Phi) is 7.65. The fourth-order valence-electron chi connectivity index (χ4n) is 7.11. The second-order valence-corrected chi connectivity index (χ2v) is 11.3. The maximum absolute atomic E-state index is 15.6. The molecule has 0 spiro atoms. The Morgan fingerprint density at radius 2 is 1.55 bits per heavy atom. The Bertz CT molecular complexity index is 648. The predicted octanol–water partition coefficient (Wildman–Crippen LogP) is 9.01. The van der Waals surface area contributed by atoms with Crippen molar-refractivity contribution in [3.05, 3.63) is 29.8 Å². The molecule has 0 N–H and O–H groups in total. The zero-order valence-electron chi connectivity index (χ0n) is 20.1. The van der Waals surface area contributed by atoms with E-state index in [4.69, 9.17) is 4.74 Å². The van der Waals surface area contributed by atoms with Crippen molar-refractivity contribution in [2.45, 2.75) is 122 Å². The lowest BCUT2D eigenvalue weighted by Gasteiger charge is -2.55. The smallest absolute Gasteiger partial charge is 0.119 e. The molecule has 0 heterocycles. The number of hydrogen-bond acceptors (Lipinski definition) is 1. The highest BCUT2D eigenvalue weighted by Crippen LogP contribution is 2.61. The normalized spacial score (nSPS) is 33.9. The molecule has 1 nitrogen and oxygen atoms in total. The molecule has 1 aromatic rings. The van der Waals surface area contributed by atoms with Crippen LogP contribution in [0.4, 0.5) is 4.39 Å². The van der Waals surface area contributed by atoms with Crippen LogP contribution in [0, 0.1) is 16.7 Å². The van der Waals surface area contributed by atoms with Crippen molar-refractivity contribution in [2.75, 3.05) is 6.61 Å². The maximum atomic E-state index is 15.6. The van der Waals surface area contributed by atoms with Gasteiger partial charge in [0, 0.05) is 5.41 Å². The fraction of sp³-hybridized carbons (Fsp3) is 0.793. The van der Waals surface area contributed by atoms with Gasteiger partial charge in [-0.1, -0.05) is 38.8 Å². The number of rotatable bonds is 10. The average Bonchev–Trinajstić information content (AvgIpc) is 2.81. The topological polar surface area (TPSA) is 9.23 Å². The molecule has 1 aromatic carbocycles. The lowest BCUT2D eigenvalue weighted by molar-refractivity contribution is -0.0695. The minimum Gasteiger partial charge on any atom is -0.494 e. The molecule has 174 valence electrons. The van der Waals surface area contributed by atoms with Crippen LogP contribution in [-0.2, 0) is 0 Å². The summed E-state index contributed by atoms with van der Waals surface area (Å²) in [6.45, 7) is 5.32. The summed E-state index contributed by atoms with van der Waals surface area (Å²) < 4.78 is 21.5. The molecule has 0 saturated heterocycles. The quantitative estimate of drug-likeness (QED) is 0.338. The van der Waals surface area contributed by atoms with Gasteiger partial charge in [0.25, 0.3) is 0 Å². The van der Waals surface area contributed by atoms with E-state index in [2.05, 4.69) is 38.1 Å². The second-order valence-electron chi connectivity index (χ2n) is 11.3. The number of fused-ring (bicyclic) bond motifs is 3. The molecule has 0 amide bonds. The van der Waals surface area contributed by atoms with Gasteiger partial charge in [0.1, 0.15) is 11.9 Å². The van der Waals surface area contributed by atoms with Crippen molar-refractivity contribution in [2.24, 2.45) is 16.7 Å².